The molecule has 0 spiro atoms. The molecule has 3 nitrogen and oxygen atoms in total. The minimum atomic E-state index is -0.182. The summed E-state index contributed by atoms with van der Waals surface area (Å²) in [6.45, 7) is 2.31. The van der Waals surface area contributed by atoms with Gasteiger partial charge in [-0.2, -0.15) is 0 Å². The number of hydrogen-bond donors (Lipinski definition) is 0. The molecule has 2 aromatic rings. The van der Waals surface area contributed by atoms with Crippen LogP contribution < -0.4 is 4.90 Å². The van der Waals surface area contributed by atoms with E-state index < -0.39 is 0 Å². The smallest absolute Gasteiger partial charge is 0.242 e. The fourth-order valence-electron chi connectivity index (χ4n) is 2.99. The van der Waals surface area contributed by atoms with Crippen molar-refractivity contribution in [2.45, 2.75) is 13.3 Å². The predicted octanol–water partition coefficient (Wildman–Crippen LogP) is 3.78. The van der Waals surface area contributed by atoms with Gasteiger partial charge in [-0.3, -0.25) is 9.59 Å². The third kappa shape index (κ3) is 3.41. The third-order valence-corrected chi connectivity index (χ3v) is 4.35. The Morgan fingerprint density at radius 3 is 2.71 bits per heavy atom. The molecule has 1 amide bonds. The minimum absolute atomic E-state index is 0.0613. The molecule has 0 radical (unpaired) electrons. The number of nitrogens with zero attached hydrogens (tertiary/aromatic N) is 1. The predicted molar refractivity (Wildman–Crippen MR) is 97.4 cm³/mol. The van der Waals surface area contributed by atoms with Crippen LogP contribution in [0.2, 0.25) is 0 Å². The Morgan fingerprint density at radius 2 is 1.96 bits per heavy atom. The molecule has 0 bridgehead atoms. The van der Waals surface area contributed by atoms with Crippen molar-refractivity contribution in [2.24, 2.45) is 0 Å². The van der Waals surface area contributed by atoms with Crippen LogP contribution in [0, 0.1) is 6.92 Å². The quantitative estimate of drug-likeness (QED) is 0.795. The molecule has 0 saturated carbocycles. The average Bonchev–Trinajstić information content (AvgIpc) is 2.58. The Labute approximate surface area is 146 Å². The van der Waals surface area contributed by atoms with E-state index in [2.05, 4.69) is 0 Å². The number of hydrogen-bond acceptors (Lipinski definition) is 2. The van der Waals surface area contributed by atoms with E-state index in [-0.39, 0.29) is 17.6 Å². The first kappa shape index (κ1) is 16.5. The summed E-state index contributed by atoms with van der Waals surface area (Å²) in [5.74, 6) is -0.221. The lowest BCUT2D eigenvalue weighted by Gasteiger charge is -2.26. The Bertz CT molecular complexity index is 826. The summed E-state index contributed by atoms with van der Waals surface area (Å²) in [6.07, 6.45) is 2.06. The van der Waals surface area contributed by atoms with Crippen molar-refractivity contribution in [1.29, 1.82) is 0 Å². The van der Waals surface area contributed by atoms with Gasteiger partial charge < -0.3 is 4.90 Å². The first-order chi connectivity index (χ1) is 11.6. The SMILES string of the molecule is Cc1cccc(N(CC2=CC(=O)Cc3ccccc32)C(=O)CCl)c1. The second-order valence-electron chi connectivity index (χ2n) is 5.92. The highest BCUT2D eigenvalue weighted by Gasteiger charge is 2.22. The van der Waals surface area contributed by atoms with Gasteiger partial charge in [0.1, 0.15) is 5.88 Å². The van der Waals surface area contributed by atoms with Crippen molar-refractivity contribution in [3.8, 4) is 0 Å². The van der Waals surface area contributed by atoms with Gasteiger partial charge in [0.2, 0.25) is 5.91 Å². The molecule has 0 N–H and O–H groups in total. The van der Waals surface area contributed by atoms with Crippen LogP contribution in [0.1, 0.15) is 16.7 Å². The highest BCUT2D eigenvalue weighted by molar-refractivity contribution is 6.29. The number of alkyl halides is 1. The van der Waals surface area contributed by atoms with Crippen LogP contribution in [0.15, 0.2) is 54.6 Å². The van der Waals surface area contributed by atoms with E-state index in [9.17, 15) is 9.59 Å². The lowest BCUT2D eigenvalue weighted by atomic mass is 9.90. The lowest BCUT2D eigenvalue weighted by Crippen LogP contribution is -2.34. The fourth-order valence-corrected chi connectivity index (χ4v) is 3.14. The standard InChI is InChI=1S/C20H18ClNO2/c1-14-5-4-7-17(9-14)22(20(24)12-21)13-16-11-18(23)10-15-6-2-3-8-19(15)16/h2-9,11H,10,12-13H2,1H3. The van der Waals surface area contributed by atoms with Crippen LogP contribution in [0.25, 0.3) is 5.57 Å². The van der Waals surface area contributed by atoms with E-state index in [0.29, 0.717) is 13.0 Å². The molecule has 0 unspecified atom stereocenters. The number of carbonyl (C=O) groups excluding carboxylic acids is 2. The van der Waals surface area contributed by atoms with E-state index in [1.807, 2.05) is 55.5 Å². The molecule has 3 rings (SSSR count). The molecular formula is C20H18ClNO2. The second-order valence-corrected chi connectivity index (χ2v) is 6.19. The molecule has 0 saturated heterocycles. The summed E-state index contributed by atoms with van der Waals surface area (Å²) >= 11 is 5.81. The summed E-state index contributed by atoms with van der Waals surface area (Å²) in [4.78, 5) is 26.1. The number of anilines is 1. The van der Waals surface area contributed by atoms with Gasteiger partial charge in [0.25, 0.3) is 0 Å². The van der Waals surface area contributed by atoms with Crippen LogP contribution in [0.4, 0.5) is 5.69 Å². The van der Waals surface area contributed by atoms with Crippen molar-refractivity contribution in [3.63, 3.8) is 0 Å². The Morgan fingerprint density at radius 1 is 1.17 bits per heavy atom. The number of halogens is 1. The fraction of sp³-hybridized carbons (Fsp3) is 0.200. The first-order valence-electron chi connectivity index (χ1n) is 7.83. The summed E-state index contributed by atoms with van der Waals surface area (Å²) in [5.41, 5.74) is 4.73. The number of aryl methyl sites for hydroxylation is 1. The van der Waals surface area contributed by atoms with Gasteiger partial charge >= 0.3 is 0 Å². The van der Waals surface area contributed by atoms with Crippen molar-refractivity contribution < 1.29 is 9.59 Å². The van der Waals surface area contributed by atoms with Gasteiger partial charge in [0.15, 0.2) is 5.78 Å². The topological polar surface area (TPSA) is 37.4 Å². The van der Waals surface area contributed by atoms with Crippen LogP contribution in [0.3, 0.4) is 0 Å². The number of carbonyl (C=O) groups is 2. The zero-order valence-corrected chi connectivity index (χ0v) is 14.2. The van der Waals surface area contributed by atoms with Crippen molar-refractivity contribution in [3.05, 3.63) is 71.3 Å². The van der Waals surface area contributed by atoms with Gasteiger partial charge in [-0.15, -0.1) is 11.6 Å². The van der Waals surface area contributed by atoms with Crippen molar-refractivity contribution in [2.75, 3.05) is 17.3 Å². The maximum absolute atomic E-state index is 12.4. The maximum atomic E-state index is 12.4. The van der Waals surface area contributed by atoms with Crippen LogP contribution in [-0.2, 0) is 16.0 Å². The van der Waals surface area contributed by atoms with Crippen LogP contribution in [-0.4, -0.2) is 24.1 Å². The number of ketones is 1. The number of rotatable bonds is 4. The number of fused-ring (bicyclic) bond motifs is 1. The van der Waals surface area contributed by atoms with Gasteiger partial charge in [0, 0.05) is 12.1 Å². The van der Waals surface area contributed by atoms with E-state index >= 15 is 0 Å². The van der Waals surface area contributed by atoms with E-state index in [0.717, 1.165) is 28.0 Å². The number of amides is 1. The molecule has 1 aliphatic rings. The average molecular weight is 340 g/mol. The van der Waals surface area contributed by atoms with Crippen LogP contribution in [0.5, 0.6) is 0 Å². The second kappa shape index (κ2) is 7.02. The lowest BCUT2D eigenvalue weighted by molar-refractivity contribution is -0.116. The van der Waals surface area contributed by atoms with Crippen LogP contribution >= 0.6 is 11.6 Å². The molecule has 24 heavy (non-hydrogen) atoms. The molecule has 0 atom stereocenters. The Hall–Kier alpha value is -2.39. The minimum Gasteiger partial charge on any atom is -0.307 e. The largest absolute Gasteiger partial charge is 0.307 e. The van der Waals surface area contributed by atoms with E-state index in [1.54, 1.807) is 11.0 Å². The van der Waals surface area contributed by atoms with E-state index in [1.165, 1.54) is 0 Å². The zero-order valence-electron chi connectivity index (χ0n) is 13.5. The maximum Gasteiger partial charge on any atom is 0.242 e. The molecule has 0 fully saturated rings. The van der Waals surface area contributed by atoms with Gasteiger partial charge in [0.05, 0.1) is 6.54 Å². The highest BCUT2D eigenvalue weighted by atomic mass is 35.5. The molecule has 1 aliphatic carbocycles. The summed E-state index contributed by atoms with van der Waals surface area (Å²) < 4.78 is 0. The molecule has 2 aromatic carbocycles. The summed E-state index contributed by atoms with van der Waals surface area (Å²) in [7, 11) is 0. The number of benzene rings is 2. The Kier molecular flexibility index (Phi) is 4.81. The third-order valence-electron chi connectivity index (χ3n) is 4.12. The monoisotopic (exact) mass is 339 g/mol. The molecule has 122 valence electrons. The van der Waals surface area contributed by atoms with Gasteiger partial charge in [-0.05, 0) is 47.4 Å². The zero-order chi connectivity index (χ0) is 17.1. The Balaban J connectivity index is 1.99. The normalized spacial score (nSPS) is 13.2. The number of allylic oxidation sites excluding steroid dienone is 1. The molecule has 0 heterocycles. The summed E-state index contributed by atoms with van der Waals surface area (Å²) in [6, 6.07) is 15.5. The highest BCUT2D eigenvalue weighted by Crippen LogP contribution is 2.28. The van der Waals surface area contributed by atoms with Gasteiger partial charge in [-0.1, -0.05) is 36.4 Å². The van der Waals surface area contributed by atoms with Gasteiger partial charge in [-0.25, -0.2) is 0 Å². The molecule has 0 aromatic heterocycles. The van der Waals surface area contributed by atoms with Crippen molar-refractivity contribution >= 4 is 34.6 Å². The van der Waals surface area contributed by atoms with E-state index in [4.69, 9.17) is 11.6 Å². The molecular weight excluding hydrogens is 322 g/mol. The molecule has 4 heteroatoms. The first-order valence-corrected chi connectivity index (χ1v) is 8.36. The van der Waals surface area contributed by atoms with Crippen molar-refractivity contribution in [1.82, 2.24) is 0 Å². The summed E-state index contributed by atoms with van der Waals surface area (Å²) in [5, 5.41) is 0. The molecule has 0 aliphatic heterocycles.